The van der Waals surface area contributed by atoms with Gasteiger partial charge in [-0.25, -0.2) is 0 Å². The second kappa shape index (κ2) is 3.63. The maximum absolute atomic E-state index is 6.16. The van der Waals surface area contributed by atoms with Crippen molar-refractivity contribution in [2.75, 3.05) is 5.73 Å². The molecule has 2 rings (SSSR count). The molecule has 2 aromatic rings. The minimum absolute atomic E-state index is 0.678. The van der Waals surface area contributed by atoms with Crippen molar-refractivity contribution in [3.05, 3.63) is 46.7 Å². The van der Waals surface area contributed by atoms with Gasteiger partial charge in [-0.1, -0.05) is 11.6 Å². The highest BCUT2D eigenvalue weighted by Crippen LogP contribution is 2.25. The van der Waals surface area contributed by atoms with Crippen LogP contribution in [0.1, 0.15) is 11.4 Å². The van der Waals surface area contributed by atoms with Gasteiger partial charge in [0, 0.05) is 17.1 Å². The summed E-state index contributed by atoms with van der Waals surface area (Å²) in [4.78, 5) is 0. The molecule has 0 saturated carbocycles. The predicted molar refractivity (Wildman–Crippen MR) is 64.7 cm³/mol. The molecule has 0 atom stereocenters. The summed E-state index contributed by atoms with van der Waals surface area (Å²) in [6.45, 7) is 4.11. The molecule has 0 fully saturated rings. The van der Waals surface area contributed by atoms with Gasteiger partial charge in [0.25, 0.3) is 0 Å². The summed E-state index contributed by atoms with van der Waals surface area (Å²) < 4.78 is 2.11. The quantitative estimate of drug-likeness (QED) is 0.735. The van der Waals surface area contributed by atoms with Gasteiger partial charge in [0.2, 0.25) is 0 Å². The van der Waals surface area contributed by atoms with E-state index in [0.29, 0.717) is 10.7 Å². The van der Waals surface area contributed by atoms with Gasteiger partial charge in [-0.2, -0.15) is 0 Å². The van der Waals surface area contributed by atoms with Crippen LogP contribution >= 0.6 is 11.6 Å². The van der Waals surface area contributed by atoms with Crippen molar-refractivity contribution >= 4 is 17.3 Å². The van der Waals surface area contributed by atoms with Crippen LogP contribution in [0.25, 0.3) is 5.69 Å². The average Bonchev–Trinajstić information content (AvgIpc) is 2.48. The predicted octanol–water partition coefficient (Wildman–Crippen LogP) is 3.33. The Hall–Kier alpha value is -1.41. The van der Waals surface area contributed by atoms with E-state index in [1.54, 1.807) is 6.07 Å². The number of rotatable bonds is 1. The molecule has 2 N–H and O–H groups in total. The molecule has 78 valence electrons. The van der Waals surface area contributed by atoms with E-state index >= 15 is 0 Å². The van der Waals surface area contributed by atoms with E-state index in [0.717, 1.165) is 5.69 Å². The molecule has 0 unspecified atom stereocenters. The van der Waals surface area contributed by atoms with Crippen LogP contribution in [0.2, 0.25) is 5.02 Å². The van der Waals surface area contributed by atoms with Crippen LogP contribution in [-0.4, -0.2) is 4.57 Å². The van der Waals surface area contributed by atoms with Crippen molar-refractivity contribution in [1.29, 1.82) is 0 Å². The van der Waals surface area contributed by atoms with Crippen LogP contribution in [0.4, 0.5) is 5.69 Å². The van der Waals surface area contributed by atoms with Gasteiger partial charge >= 0.3 is 0 Å². The lowest BCUT2D eigenvalue weighted by molar-refractivity contribution is 0.966. The fraction of sp³-hybridized carbons (Fsp3) is 0.167. The third kappa shape index (κ3) is 1.73. The van der Waals surface area contributed by atoms with Crippen molar-refractivity contribution in [3.8, 4) is 5.69 Å². The lowest BCUT2D eigenvalue weighted by atomic mass is 10.2. The number of nitrogens with zero attached hydrogens (tertiary/aromatic N) is 1. The van der Waals surface area contributed by atoms with Gasteiger partial charge in [0.1, 0.15) is 0 Å². The third-order valence-corrected chi connectivity index (χ3v) is 2.79. The zero-order chi connectivity index (χ0) is 11.0. The maximum Gasteiger partial charge on any atom is 0.0666 e. The van der Waals surface area contributed by atoms with Crippen LogP contribution in [0.3, 0.4) is 0 Å². The van der Waals surface area contributed by atoms with E-state index in [2.05, 4.69) is 30.5 Å². The van der Waals surface area contributed by atoms with Crippen LogP contribution in [-0.2, 0) is 0 Å². The molecular weight excluding hydrogens is 208 g/mol. The van der Waals surface area contributed by atoms with Gasteiger partial charge in [0.15, 0.2) is 0 Å². The molecule has 2 nitrogen and oxygen atoms in total. The molecule has 1 aromatic heterocycles. The Balaban J connectivity index is 2.64. The molecule has 0 radical (unpaired) electrons. The second-order valence-electron chi connectivity index (χ2n) is 3.66. The number of hydrogen-bond donors (Lipinski definition) is 1. The summed E-state index contributed by atoms with van der Waals surface area (Å²) in [5.41, 5.74) is 9.66. The number of nitrogen functional groups attached to an aromatic ring is 1. The number of halogens is 1. The zero-order valence-electron chi connectivity index (χ0n) is 8.79. The van der Waals surface area contributed by atoms with Crippen LogP contribution < -0.4 is 5.73 Å². The first kappa shape index (κ1) is 10.1. The number of benzene rings is 1. The molecular formula is C12H13ClN2. The minimum Gasteiger partial charge on any atom is -0.399 e. The fourth-order valence-corrected chi connectivity index (χ4v) is 2.03. The Morgan fingerprint density at radius 3 is 2.20 bits per heavy atom. The normalized spacial score (nSPS) is 10.6. The van der Waals surface area contributed by atoms with Gasteiger partial charge in [-0.15, -0.1) is 0 Å². The molecule has 1 aromatic carbocycles. The Labute approximate surface area is 94.3 Å². The van der Waals surface area contributed by atoms with Crippen molar-refractivity contribution in [3.63, 3.8) is 0 Å². The van der Waals surface area contributed by atoms with E-state index in [-0.39, 0.29) is 0 Å². The smallest absolute Gasteiger partial charge is 0.0666 e. The molecule has 3 heteroatoms. The highest BCUT2D eigenvalue weighted by atomic mass is 35.5. The zero-order valence-corrected chi connectivity index (χ0v) is 9.55. The van der Waals surface area contributed by atoms with Crippen molar-refractivity contribution in [2.45, 2.75) is 13.8 Å². The van der Waals surface area contributed by atoms with Gasteiger partial charge < -0.3 is 10.3 Å². The lowest BCUT2D eigenvalue weighted by Gasteiger charge is -2.11. The van der Waals surface area contributed by atoms with Crippen LogP contribution in [0.5, 0.6) is 0 Å². The van der Waals surface area contributed by atoms with E-state index in [9.17, 15) is 0 Å². The van der Waals surface area contributed by atoms with Gasteiger partial charge in [-0.3, -0.25) is 0 Å². The van der Waals surface area contributed by atoms with E-state index in [1.165, 1.54) is 11.4 Å². The molecule has 0 amide bonds. The molecule has 1 heterocycles. The summed E-state index contributed by atoms with van der Waals surface area (Å²) in [5, 5.41) is 0.678. The highest BCUT2D eigenvalue weighted by molar-refractivity contribution is 6.32. The van der Waals surface area contributed by atoms with Gasteiger partial charge in [-0.05, 0) is 44.2 Å². The summed E-state index contributed by atoms with van der Waals surface area (Å²) in [7, 11) is 0. The topological polar surface area (TPSA) is 30.9 Å². The van der Waals surface area contributed by atoms with Crippen molar-refractivity contribution in [1.82, 2.24) is 4.57 Å². The Kier molecular flexibility index (Phi) is 2.45. The summed E-state index contributed by atoms with van der Waals surface area (Å²) in [5.74, 6) is 0. The molecule has 0 saturated heterocycles. The van der Waals surface area contributed by atoms with Crippen molar-refractivity contribution < 1.29 is 0 Å². The van der Waals surface area contributed by atoms with Crippen LogP contribution in [0.15, 0.2) is 30.3 Å². The maximum atomic E-state index is 6.16. The number of hydrogen-bond acceptors (Lipinski definition) is 1. The number of nitrogens with two attached hydrogens (primary N) is 1. The largest absolute Gasteiger partial charge is 0.399 e. The standard InChI is InChI=1S/C12H13ClN2/c1-8-3-4-9(2)15(8)12-6-5-10(14)7-11(12)13/h3-7H,14H2,1-2H3. The average molecular weight is 221 g/mol. The fourth-order valence-electron chi connectivity index (χ4n) is 1.75. The number of anilines is 1. The SMILES string of the molecule is Cc1ccc(C)n1-c1ccc(N)cc1Cl. The first-order valence-corrected chi connectivity index (χ1v) is 5.18. The monoisotopic (exact) mass is 220 g/mol. The minimum atomic E-state index is 0.678. The Morgan fingerprint density at radius 1 is 1.07 bits per heavy atom. The molecule has 15 heavy (non-hydrogen) atoms. The first-order chi connectivity index (χ1) is 7.09. The summed E-state index contributed by atoms with van der Waals surface area (Å²) in [6.07, 6.45) is 0. The Bertz CT molecular complexity index is 481. The number of aromatic nitrogens is 1. The van der Waals surface area contributed by atoms with E-state index in [1.807, 2.05) is 12.1 Å². The molecule has 0 bridgehead atoms. The molecule has 0 aliphatic heterocycles. The highest BCUT2D eigenvalue weighted by Gasteiger charge is 2.07. The Morgan fingerprint density at radius 2 is 1.67 bits per heavy atom. The molecule has 0 aliphatic carbocycles. The van der Waals surface area contributed by atoms with E-state index < -0.39 is 0 Å². The molecule has 0 spiro atoms. The van der Waals surface area contributed by atoms with Crippen LogP contribution in [0, 0.1) is 13.8 Å². The summed E-state index contributed by atoms with van der Waals surface area (Å²) in [6, 6.07) is 9.72. The lowest BCUT2D eigenvalue weighted by Crippen LogP contribution is -2.00. The van der Waals surface area contributed by atoms with Crippen molar-refractivity contribution in [2.24, 2.45) is 0 Å². The van der Waals surface area contributed by atoms with Gasteiger partial charge in [0.05, 0.1) is 10.7 Å². The number of aryl methyl sites for hydroxylation is 2. The first-order valence-electron chi connectivity index (χ1n) is 4.80. The third-order valence-electron chi connectivity index (χ3n) is 2.48. The second-order valence-corrected chi connectivity index (χ2v) is 4.07. The summed E-state index contributed by atoms with van der Waals surface area (Å²) >= 11 is 6.16. The molecule has 0 aliphatic rings. The van der Waals surface area contributed by atoms with E-state index in [4.69, 9.17) is 17.3 Å².